The summed E-state index contributed by atoms with van der Waals surface area (Å²) in [5.41, 5.74) is 0. The molecule has 0 aromatic rings. The Balaban J connectivity index is 2.78. The van der Waals surface area contributed by atoms with Crippen molar-refractivity contribution in [2.45, 2.75) is 0 Å². The first-order valence-electron chi connectivity index (χ1n) is 4.10. The van der Waals surface area contributed by atoms with E-state index < -0.39 is 0 Å². The zero-order valence-corrected chi connectivity index (χ0v) is 8.81. The molecule has 0 spiro atoms. The van der Waals surface area contributed by atoms with E-state index in [0.29, 0.717) is 0 Å². The van der Waals surface area contributed by atoms with Crippen LogP contribution in [0.25, 0.3) is 0 Å². The molecule has 0 nitrogen and oxygen atoms in total. The maximum absolute atomic E-state index is 3.43. The summed E-state index contributed by atoms with van der Waals surface area (Å²) < 4.78 is 1.06. The van der Waals surface area contributed by atoms with Crippen molar-refractivity contribution >= 4 is 15.9 Å². The van der Waals surface area contributed by atoms with Gasteiger partial charge in [0.05, 0.1) is 0 Å². The van der Waals surface area contributed by atoms with Crippen molar-refractivity contribution in [1.29, 1.82) is 0 Å². The standard InChI is InChI=1S/C12H11Br/c13-12-10-8-6-4-2-1-3-5-7-9-11-12/h1-11H/b2-1-,3-1?,4-2?,5-3-,6-4-,7-5?,8-6?,9-7-,10-8?,11-9?,12-10?,12-11?. The second kappa shape index (κ2) is 6.44. The summed E-state index contributed by atoms with van der Waals surface area (Å²) in [5.74, 6) is 0. The average molecular weight is 235 g/mol. The minimum atomic E-state index is 1.06. The van der Waals surface area contributed by atoms with Gasteiger partial charge in [-0.1, -0.05) is 70.6 Å². The molecule has 0 radical (unpaired) electrons. The lowest BCUT2D eigenvalue weighted by molar-refractivity contribution is 1.79. The minimum Gasteiger partial charge on any atom is -0.0623 e. The van der Waals surface area contributed by atoms with Crippen molar-refractivity contribution < 1.29 is 0 Å². The van der Waals surface area contributed by atoms with Gasteiger partial charge in [-0.05, 0) is 12.2 Å². The van der Waals surface area contributed by atoms with E-state index in [1.807, 2.05) is 66.8 Å². The van der Waals surface area contributed by atoms with Crippen molar-refractivity contribution in [3.63, 3.8) is 0 Å². The van der Waals surface area contributed by atoms with E-state index >= 15 is 0 Å². The fraction of sp³-hybridized carbons (Fsp3) is 0. The van der Waals surface area contributed by atoms with Crippen molar-refractivity contribution in [2.75, 3.05) is 0 Å². The van der Waals surface area contributed by atoms with Gasteiger partial charge in [-0.2, -0.15) is 0 Å². The first-order valence-corrected chi connectivity index (χ1v) is 4.89. The van der Waals surface area contributed by atoms with Gasteiger partial charge in [0.1, 0.15) is 0 Å². The van der Waals surface area contributed by atoms with Crippen LogP contribution in [0.2, 0.25) is 0 Å². The molecule has 0 heterocycles. The van der Waals surface area contributed by atoms with E-state index in [1.54, 1.807) is 0 Å². The molecular formula is C12H11Br. The van der Waals surface area contributed by atoms with E-state index in [-0.39, 0.29) is 0 Å². The Morgan fingerprint density at radius 2 is 1.08 bits per heavy atom. The van der Waals surface area contributed by atoms with Gasteiger partial charge in [0.2, 0.25) is 0 Å². The van der Waals surface area contributed by atoms with Crippen LogP contribution in [-0.4, -0.2) is 0 Å². The lowest BCUT2D eigenvalue weighted by Crippen LogP contribution is -1.61. The summed E-state index contributed by atoms with van der Waals surface area (Å²) in [6, 6.07) is 0. The summed E-state index contributed by atoms with van der Waals surface area (Å²) in [4.78, 5) is 0. The number of halogens is 1. The molecule has 13 heavy (non-hydrogen) atoms. The smallest absolute Gasteiger partial charge is 0.0175 e. The van der Waals surface area contributed by atoms with E-state index in [9.17, 15) is 0 Å². The van der Waals surface area contributed by atoms with Gasteiger partial charge in [-0.25, -0.2) is 0 Å². The minimum absolute atomic E-state index is 1.06. The van der Waals surface area contributed by atoms with Crippen LogP contribution in [0.5, 0.6) is 0 Å². The molecule has 0 saturated carbocycles. The SMILES string of the molecule is BrC1=C\C=C/C=C\C=C/C=C\C=C1. The van der Waals surface area contributed by atoms with Crippen LogP contribution in [0, 0.1) is 0 Å². The predicted octanol–water partition coefficient (Wildman–Crippen LogP) is 4.06. The molecule has 0 aromatic heterocycles. The Morgan fingerprint density at radius 1 is 0.615 bits per heavy atom. The number of allylic oxidation sites excluding steroid dienone is 12. The first kappa shape index (κ1) is 10.0. The summed E-state index contributed by atoms with van der Waals surface area (Å²) >= 11 is 3.43. The third-order valence-electron chi connectivity index (χ3n) is 1.40. The molecule has 0 aliphatic heterocycles. The maximum Gasteiger partial charge on any atom is 0.0175 e. The molecule has 1 aliphatic carbocycles. The Hall–Kier alpha value is -1.08. The third-order valence-corrected chi connectivity index (χ3v) is 1.93. The van der Waals surface area contributed by atoms with Gasteiger partial charge in [0.15, 0.2) is 0 Å². The molecule has 0 saturated heterocycles. The van der Waals surface area contributed by atoms with Gasteiger partial charge in [0.25, 0.3) is 0 Å². The average Bonchev–Trinajstić information content (AvgIpc) is 2.11. The Kier molecular flexibility index (Phi) is 4.95. The monoisotopic (exact) mass is 234 g/mol. The molecule has 0 unspecified atom stereocenters. The number of hydrogen-bond acceptors (Lipinski definition) is 0. The highest BCUT2D eigenvalue weighted by Crippen LogP contribution is 2.06. The highest BCUT2D eigenvalue weighted by Gasteiger charge is 1.78. The molecule has 1 heteroatoms. The van der Waals surface area contributed by atoms with Crippen LogP contribution in [0.15, 0.2) is 71.3 Å². The molecule has 0 fully saturated rings. The fourth-order valence-corrected chi connectivity index (χ4v) is 1.10. The zero-order valence-electron chi connectivity index (χ0n) is 7.23. The molecule has 0 N–H and O–H groups in total. The summed E-state index contributed by atoms with van der Waals surface area (Å²) in [7, 11) is 0. The Morgan fingerprint density at radius 3 is 1.69 bits per heavy atom. The Labute approximate surface area is 87.5 Å². The normalized spacial score (nSPS) is 26.4. The molecule has 0 amide bonds. The largest absolute Gasteiger partial charge is 0.0623 e. The highest BCUT2D eigenvalue weighted by atomic mass is 79.9. The van der Waals surface area contributed by atoms with Crippen LogP contribution >= 0.6 is 15.9 Å². The van der Waals surface area contributed by atoms with Gasteiger partial charge in [-0.15, -0.1) is 0 Å². The van der Waals surface area contributed by atoms with Gasteiger partial charge in [-0.3, -0.25) is 0 Å². The van der Waals surface area contributed by atoms with Gasteiger partial charge < -0.3 is 0 Å². The van der Waals surface area contributed by atoms with E-state index in [4.69, 9.17) is 0 Å². The molecule has 0 atom stereocenters. The van der Waals surface area contributed by atoms with Crippen LogP contribution in [0.1, 0.15) is 0 Å². The number of hydrogen-bond donors (Lipinski definition) is 0. The van der Waals surface area contributed by atoms with Crippen molar-refractivity contribution in [2.24, 2.45) is 0 Å². The van der Waals surface area contributed by atoms with Crippen LogP contribution in [0.4, 0.5) is 0 Å². The molecular weight excluding hydrogens is 224 g/mol. The molecule has 66 valence electrons. The predicted molar refractivity (Wildman–Crippen MR) is 62.7 cm³/mol. The van der Waals surface area contributed by atoms with Crippen LogP contribution < -0.4 is 0 Å². The van der Waals surface area contributed by atoms with Gasteiger partial charge >= 0.3 is 0 Å². The topological polar surface area (TPSA) is 0 Å². The summed E-state index contributed by atoms with van der Waals surface area (Å²) in [6.45, 7) is 0. The lowest BCUT2D eigenvalue weighted by Gasteiger charge is -1.84. The first-order chi connectivity index (χ1) is 6.39. The Bertz CT molecular complexity index is 312. The van der Waals surface area contributed by atoms with Crippen LogP contribution in [-0.2, 0) is 0 Å². The zero-order chi connectivity index (χ0) is 9.36. The summed E-state index contributed by atoms with van der Waals surface area (Å²) in [5, 5.41) is 0. The molecule has 1 rings (SSSR count). The third kappa shape index (κ3) is 5.21. The van der Waals surface area contributed by atoms with Crippen molar-refractivity contribution in [3.8, 4) is 0 Å². The highest BCUT2D eigenvalue weighted by molar-refractivity contribution is 9.11. The van der Waals surface area contributed by atoms with Crippen LogP contribution in [0.3, 0.4) is 0 Å². The molecule has 0 aromatic carbocycles. The second-order valence-electron chi connectivity index (χ2n) is 2.45. The second-order valence-corrected chi connectivity index (χ2v) is 3.37. The quantitative estimate of drug-likeness (QED) is 0.593. The number of rotatable bonds is 0. The van der Waals surface area contributed by atoms with E-state index in [1.165, 1.54) is 0 Å². The molecule has 0 bridgehead atoms. The molecule has 1 aliphatic rings. The van der Waals surface area contributed by atoms with Crippen molar-refractivity contribution in [3.05, 3.63) is 71.3 Å². The van der Waals surface area contributed by atoms with E-state index in [2.05, 4.69) is 15.9 Å². The summed E-state index contributed by atoms with van der Waals surface area (Å²) in [6.07, 6.45) is 21.9. The van der Waals surface area contributed by atoms with Gasteiger partial charge in [0, 0.05) is 4.48 Å². The lowest BCUT2D eigenvalue weighted by atomic mass is 10.3. The fourth-order valence-electron chi connectivity index (χ4n) is 0.800. The van der Waals surface area contributed by atoms with Crippen molar-refractivity contribution in [1.82, 2.24) is 0 Å². The van der Waals surface area contributed by atoms with E-state index in [0.717, 1.165) is 4.48 Å². The maximum atomic E-state index is 3.43.